The quantitative estimate of drug-likeness (QED) is 0.818. The summed E-state index contributed by atoms with van der Waals surface area (Å²) < 4.78 is 0. The van der Waals surface area contributed by atoms with Gasteiger partial charge in [0, 0.05) is 12.6 Å². The Morgan fingerprint density at radius 2 is 2.21 bits per heavy atom. The molecule has 5 heteroatoms. The van der Waals surface area contributed by atoms with Crippen molar-refractivity contribution in [2.75, 3.05) is 17.2 Å². The number of primary amides is 1. The lowest BCUT2D eigenvalue weighted by atomic mass is 10.1. The van der Waals surface area contributed by atoms with Crippen LogP contribution in [0.1, 0.15) is 43.5 Å². The molecule has 1 heterocycles. The number of nitrogen functional groups attached to an aromatic ring is 1. The predicted molar refractivity (Wildman–Crippen MR) is 77.0 cm³/mol. The van der Waals surface area contributed by atoms with Crippen molar-refractivity contribution in [3.8, 4) is 0 Å². The summed E-state index contributed by atoms with van der Waals surface area (Å²) in [5.41, 5.74) is 12.4. The molecule has 1 saturated carbocycles. The minimum atomic E-state index is -0.445. The highest BCUT2D eigenvalue weighted by atomic mass is 16.1. The van der Waals surface area contributed by atoms with E-state index in [-0.39, 0.29) is 0 Å². The van der Waals surface area contributed by atoms with Gasteiger partial charge in [-0.15, -0.1) is 0 Å². The van der Waals surface area contributed by atoms with Crippen molar-refractivity contribution in [3.05, 3.63) is 17.8 Å². The molecule has 1 aromatic heterocycles. The molecule has 19 heavy (non-hydrogen) atoms. The zero-order chi connectivity index (χ0) is 14.0. The minimum Gasteiger partial charge on any atom is -0.384 e. The molecule has 1 aliphatic carbocycles. The van der Waals surface area contributed by atoms with Gasteiger partial charge in [0.1, 0.15) is 5.82 Å². The van der Waals surface area contributed by atoms with Gasteiger partial charge in [0.05, 0.1) is 17.4 Å². The Bertz CT molecular complexity index is 469. The van der Waals surface area contributed by atoms with Crippen LogP contribution in [0.5, 0.6) is 0 Å². The monoisotopic (exact) mass is 262 g/mol. The van der Waals surface area contributed by atoms with Crippen molar-refractivity contribution < 1.29 is 4.79 Å². The molecule has 104 valence electrons. The molecule has 5 nitrogen and oxygen atoms in total. The summed E-state index contributed by atoms with van der Waals surface area (Å²) in [5, 5.41) is 0. The second-order valence-corrected chi connectivity index (χ2v) is 5.60. The fraction of sp³-hybridized carbons (Fsp3) is 0.571. The third-order valence-electron chi connectivity index (χ3n) is 3.41. The molecule has 0 unspecified atom stereocenters. The van der Waals surface area contributed by atoms with Crippen LogP contribution in [0.4, 0.5) is 11.5 Å². The normalized spacial score (nSPS) is 14.7. The molecule has 0 atom stereocenters. The molecule has 1 amide bonds. The van der Waals surface area contributed by atoms with Crippen molar-refractivity contribution in [2.24, 2.45) is 11.7 Å². The zero-order valence-electron chi connectivity index (χ0n) is 11.6. The summed E-state index contributed by atoms with van der Waals surface area (Å²) in [5.74, 6) is 0.511. The Morgan fingerprint density at radius 1 is 1.53 bits per heavy atom. The molecule has 1 fully saturated rings. The van der Waals surface area contributed by atoms with Crippen LogP contribution in [0, 0.1) is 5.92 Å². The van der Waals surface area contributed by atoms with Crippen LogP contribution in [-0.4, -0.2) is 23.5 Å². The van der Waals surface area contributed by atoms with E-state index < -0.39 is 5.91 Å². The topological polar surface area (TPSA) is 85.2 Å². The summed E-state index contributed by atoms with van der Waals surface area (Å²) in [7, 11) is 0. The molecule has 0 aliphatic heterocycles. The SMILES string of the molecule is CC(C)CCN(c1cnc(N)cc1C(N)=O)C1CC1. The first kappa shape index (κ1) is 13.6. The largest absolute Gasteiger partial charge is 0.384 e. The van der Waals surface area contributed by atoms with E-state index in [9.17, 15) is 4.79 Å². The van der Waals surface area contributed by atoms with E-state index in [4.69, 9.17) is 11.5 Å². The highest BCUT2D eigenvalue weighted by Crippen LogP contribution is 2.34. The number of nitrogens with zero attached hydrogens (tertiary/aromatic N) is 2. The van der Waals surface area contributed by atoms with E-state index in [0.29, 0.717) is 23.3 Å². The van der Waals surface area contributed by atoms with Crippen LogP contribution in [0.25, 0.3) is 0 Å². The first-order chi connectivity index (χ1) is 8.99. The van der Waals surface area contributed by atoms with Gasteiger partial charge in [0.25, 0.3) is 5.91 Å². The second-order valence-electron chi connectivity index (χ2n) is 5.60. The van der Waals surface area contributed by atoms with Gasteiger partial charge in [0.2, 0.25) is 0 Å². The molecule has 2 rings (SSSR count). The van der Waals surface area contributed by atoms with E-state index >= 15 is 0 Å². The number of hydrogen-bond acceptors (Lipinski definition) is 4. The number of hydrogen-bond donors (Lipinski definition) is 2. The summed E-state index contributed by atoms with van der Waals surface area (Å²) in [6.07, 6.45) is 5.09. The molecule has 0 aromatic carbocycles. The van der Waals surface area contributed by atoms with Crippen LogP contribution < -0.4 is 16.4 Å². The van der Waals surface area contributed by atoms with Crippen molar-refractivity contribution in [1.29, 1.82) is 0 Å². The van der Waals surface area contributed by atoms with Gasteiger partial charge < -0.3 is 16.4 Å². The molecule has 1 aromatic rings. The smallest absolute Gasteiger partial charge is 0.251 e. The lowest BCUT2D eigenvalue weighted by Gasteiger charge is -2.27. The number of nitrogens with two attached hydrogens (primary N) is 2. The van der Waals surface area contributed by atoms with Gasteiger partial charge in [-0.05, 0) is 31.2 Å². The lowest BCUT2D eigenvalue weighted by molar-refractivity contribution is 0.100. The number of carbonyl (C=O) groups is 1. The van der Waals surface area contributed by atoms with Gasteiger partial charge in [-0.1, -0.05) is 13.8 Å². The van der Waals surface area contributed by atoms with E-state index in [1.54, 1.807) is 12.3 Å². The van der Waals surface area contributed by atoms with Crippen molar-refractivity contribution in [1.82, 2.24) is 4.98 Å². The summed E-state index contributed by atoms with van der Waals surface area (Å²) in [6, 6.07) is 2.09. The summed E-state index contributed by atoms with van der Waals surface area (Å²) in [4.78, 5) is 17.9. The van der Waals surface area contributed by atoms with Crippen molar-refractivity contribution >= 4 is 17.4 Å². The number of rotatable bonds is 6. The summed E-state index contributed by atoms with van der Waals surface area (Å²) in [6.45, 7) is 5.32. The Balaban J connectivity index is 2.28. The number of aromatic nitrogens is 1. The van der Waals surface area contributed by atoms with E-state index in [2.05, 4.69) is 23.7 Å². The van der Waals surface area contributed by atoms with Gasteiger partial charge in [0.15, 0.2) is 0 Å². The first-order valence-corrected chi connectivity index (χ1v) is 6.81. The number of amides is 1. The number of anilines is 2. The van der Waals surface area contributed by atoms with Gasteiger partial charge >= 0.3 is 0 Å². The standard InChI is InChI=1S/C14H22N4O/c1-9(2)5-6-18(10-3-4-10)12-8-17-13(15)7-11(12)14(16)19/h7-10H,3-6H2,1-2H3,(H2,15,17)(H2,16,19). The molecular weight excluding hydrogens is 240 g/mol. The fourth-order valence-corrected chi connectivity index (χ4v) is 2.17. The Hall–Kier alpha value is -1.78. The third kappa shape index (κ3) is 3.36. The molecule has 0 spiro atoms. The molecule has 4 N–H and O–H groups in total. The molecule has 0 radical (unpaired) electrons. The number of carbonyl (C=O) groups excluding carboxylic acids is 1. The van der Waals surface area contributed by atoms with Gasteiger partial charge in [-0.3, -0.25) is 4.79 Å². The van der Waals surface area contributed by atoms with Crippen molar-refractivity contribution in [3.63, 3.8) is 0 Å². The Kier molecular flexibility index (Phi) is 3.93. The molecule has 0 bridgehead atoms. The van der Waals surface area contributed by atoms with Crippen LogP contribution in [0.3, 0.4) is 0 Å². The first-order valence-electron chi connectivity index (χ1n) is 6.81. The lowest BCUT2D eigenvalue weighted by Crippen LogP contribution is -2.30. The Labute approximate surface area is 114 Å². The predicted octanol–water partition coefficient (Wildman–Crippen LogP) is 1.78. The van der Waals surface area contributed by atoms with E-state index in [1.807, 2.05) is 0 Å². The third-order valence-corrected chi connectivity index (χ3v) is 3.41. The van der Waals surface area contributed by atoms with Crippen LogP contribution in [0.2, 0.25) is 0 Å². The Morgan fingerprint density at radius 3 is 2.74 bits per heavy atom. The molecular formula is C14H22N4O. The maximum atomic E-state index is 11.6. The van der Waals surface area contributed by atoms with Gasteiger partial charge in [-0.2, -0.15) is 0 Å². The van der Waals surface area contributed by atoms with E-state index in [0.717, 1.165) is 18.7 Å². The zero-order valence-corrected chi connectivity index (χ0v) is 11.6. The molecule has 0 saturated heterocycles. The highest BCUT2D eigenvalue weighted by Gasteiger charge is 2.31. The van der Waals surface area contributed by atoms with Crippen molar-refractivity contribution in [2.45, 2.75) is 39.2 Å². The van der Waals surface area contributed by atoms with Crippen LogP contribution in [0.15, 0.2) is 12.3 Å². The maximum absolute atomic E-state index is 11.6. The van der Waals surface area contributed by atoms with Crippen LogP contribution in [-0.2, 0) is 0 Å². The van der Waals surface area contributed by atoms with Crippen LogP contribution >= 0.6 is 0 Å². The summed E-state index contributed by atoms with van der Waals surface area (Å²) >= 11 is 0. The minimum absolute atomic E-state index is 0.331. The maximum Gasteiger partial charge on any atom is 0.251 e. The highest BCUT2D eigenvalue weighted by molar-refractivity contribution is 5.99. The number of pyridine rings is 1. The molecule has 1 aliphatic rings. The van der Waals surface area contributed by atoms with Gasteiger partial charge in [-0.25, -0.2) is 4.98 Å². The van der Waals surface area contributed by atoms with E-state index in [1.165, 1.54) is 12.8 Å². The fourth-order valence-electron chi connectivity index (χ4n) is 2.17. The average Bonchev–Trinajstić information content (AvgIpc) is 3.14. The average molecular weight is 262 g/mol. The second kappa shape index (κ2) is 5.47.